The minimum absolute atomic E-state index is 0.111. The van der Waals surface area contributed by atoms with Crippen LogP contribution >= 0.6 is 0 Å². The molecule has 1 N–H and O–H groups in total. The Bertz CT molecular complexity index is 1310. The van der Waals surface area contributed by atoms with E-state index in [1.807, 2.05) is 54.6 Å². The van der Waals surface area contributed by atoms with Gasteiger partial charge in [0, 0.05) is 6.04 Å². The molecular weight excluding hydrogens is 506 g/mol. The van der Waals surface area contributed by atoms with Crippen LogP contribution in [0.5, 0.6) is 17.2 Å². The van der Waals surface area contributed by atoms with E-state index < -0.39 is 5.97 Å². The van der Waals surface area contributed by atoms with Crippen molar-refractivity contribution in [1.82, 2.24) is 5.32 Å². The summed E-state index contributed by atoms with van der Waals surface area (Å²) in [6.45, 7) is 1.80. The van der Waals surface area contributed by atoms with E-state index >= 15 is 0 Å². The largest absolute Gasteiger partial charge is 0.493 e. The summed E-state index contributed by atoms with van der Waals surface area (Å²) in [7, 11) is 4.61. The zero-order valence-electron chi connectivity index (χ0n) is 23.6. The molecule has 1 fully saturated rings. The van der Waals surface area contributed by atoms with Crippen LogP contribution in [0, 0.1) is 5.92 Å². The van der Waals surface area contributed by atoms with Crippen LogP contribution < -0.4 is 19.5 Å². The zero-order valence-corrected chi connectivity index (χ0v) is 23.6. The third kappa shape index (κ3) is 7.03. The van der Waals surface area contributed by atoms with Crippen molar-refractivity contribution in [3.05, 3.63) is 77.9 Å². The van der Waals surface area contributed by atoms with Crippen LogP contribution in [-0.2, 0) is 14.3 Å². The van der Waals surface area contributed by atoms with Crippen LogP contribution in [0.25, 0.3) is 22.8 Å². The number of methoxy groups -OCH3 is 3. The summed E-state index contributed by atoms with van der Waals surface area (Å²) in [6.07, 6.45) is 6.01. The van der Waals surface area contributed by atoms with E-state index in [-0.39, 0.29) is 18.6 Å². The Morgan fingerprint density at radius 2 is 1.48 bits per heavy atom. The number of amides is 1. The first kappa shape index (κ1) is 28.7. The van der Waals surface area contributed by atoms with E-state index in [2.05, 4.69) is 12.2 Å². The number of ether oxygens (including phenoxy) is 4. The Labute approximate surface area is 236 Å². The Morgan fingerprint density at radius 1 is 0.850 bits per heavy atom. The maximum absolute atomic E-state index is 13.4. The highest BCUT2D eigenvalue weighted by molar-refractivity contribution is 6.22. The molecule has 0 aromatic heterocycles. The molecule has 1 saturated carbocycles. The number of hydrogen-bond donors (Lipinski definition) is 1. The highest BCUT2D eigenvalue weighted by Crippen LogP contribution is 2.39. The van der Waals surface area contributed by atoms with Gasteiger partial charge in [-0.05, 0) is 59.2 Å². The minimum atomic E-state index is -0.604. The van der Waals surface area contributed by atoms with E-state index in [0.29, 0.717) is 39.9 Å². The molecule has 210 valence electrons. The molecule has 40 heavy (non-hydrogen) atoms. The minimum Gasteiger partial charge on any atom is -0.493 e. The Kier molecular flexibility index (Phi) is 9.84. The molecule has 1 aliphatic rings. The number of carbonyl (C=O) groups is 2. The molecule has 0 heterocycles. The summed E-state index contributed by atoms with van der Waals surface area (Å²) in [5.74, 6) is 0.883. The molecule has 2 unspecified atom stereocenters. The molecule has 7 heteroatoms. The average Bonchev–Trinajstić information content (AvgIpc) is 2.99. The van der Waals surface area contributed by atoms with E-state index in [1.165, 1.54) is 27.8 Å². The van der Waals surface area contributed by atoms with Gasteiger partial charge in [0.2, 0.25) is 5.75 Å². The van der Waals surface area contributed by atoms with Gasteiger partial charge in [0.25, 0.3) is 5.91 Å². The number of rotatable bonds is 10. The Hall–Kier alpha value is -4.26. The third-order valence-corrected chi connectivity index (χ3v) is 7.31. The van der Waals surface area contributed by atoms with Crippen LogP contribution in [0.4, 0.5) is 0 Å². The lowest BCUT2D eigenvalue weighted by molar-refractivity contribution is -0.143. The number of hydrogen-bond acceptors (Lipinski definition) is 6. The maximum Gasteiger partial charge on any atom is 0.339 e. The lowest BCUT2D eigenvalue weighted by Crippen LogP contribution is -2.42. The SMILES string of the molecule is COc1cc(/C=C(/C(=O)OCC(=O)NC2CCCCC2C)c2ccc(-c3ccccc3)cc2)cc(OC)c1OC. The van der Waals surface area contributed by atoms with Crippen LogP contribution in [-0.4, -0.2) is 45.9 Å². The van der Waals surface area contributed by atoms with Crippen molar-refractivity contribution < 1.29 is 28.5 Å². The molecule has 0 saturated heterocycles. The van der Waals surface area contributed by atoms with Crippen molar-refractivity contribution in [3.8, 4) is 28.4 Å². The van der Waals surface area contributed by atoms with Crippen molar-refractivity contribution in [3.63, 3.8) is 0 Å². The van der Waals surface area contributed by atoms with Gasteiger partial charge >= 0.3 is 5.97 Å². The zero-order chi connectivity index (χ0) is 28.5. The summed E-state index contributed by atoms with van der Waals surface area (Å²) in [4.78, 5) is 26.1. The topological polar surface area (TPSA) is 83.1 Å². The normalized spacial score (nSPS) is 17.1. The highest BCUT2D eigenvalue weighted by Gasteiger charge is 2.24. The van der Waals surface area contributed by atoms with Gasteiger partial charge in [0.15, 0.2) is 18.1 Å². The van der Waals surface area contributed by atoms with Gasteiger partial charge in [0.05, 0.1) is 26.9 Å². The Balaban J connectivity index is 1.62. The van der Waals surface area contributed by atoms with Gasteiger partial charge in [0.1, 0.15) is 0 Å². The predicted molar refractivity (Wildman–Crippen MR) is 156 cm³/mol. The lowest BCUT2D eigenvalue weighted by atomic mass is 9.86. The number of benzene rings is 3. The lowest BCUT2D eigenvalue weighted by Gasteiger charge is -2.29. The monoisotopic (exact) mass is 543 g/mol. The summed E-state index contributed by atoms with van der Waals surface area (Å²) in [5.41, 5.74) is 3.69. The first-order valence-electron chi connectivity index (χ1n) is 13.6. The third-order valence-electron chi connectivity index (χ3n) is 7.31. The van der Waals surface area contributed by atoms with Gasteiger partial charge in [-0.15, -0.1) is 0 Å². The van der Waals surface area contributed by atoms with Crippen molar-refractivity contribution in [2.45, 2.75) is 38.6 Å². The van der Waals surface area contributed by atoms with Crippen molar-refractivity contribution in [2.24, 2.45) is 5.92 Å². The van der Waals surface area contributed by atoms with Gasteiger partial charge in [-0.25, -0.2) is 4.79 Å². The van der Waals surface area contributed by atoms with Gasteiger partial charge in [-0.1, -0.05) is 74.4 Å². The summed E-state index contributed by atoms with van der Waals surface area (Å²) < 4.78 is 21.9. The molecule has 0 bridgehead atoms. The Morgan fingerprint density at radius 3 is 2.08 bits per heavy atom. The predicted octanol–water partition coefficient (Wildman–Crippen LogP) is 6.16. The quantitative estimate of drug-likeness (QED) is 0.187. The molecule has 1 amide bonds. The number of carbonyl (C=O) groups excluding carboxylic acids is 2. The van der Waals surface area contributed by atoms with Crippen LogP contribution in [0.15, 0.2) is 66.7 Å². The fourth-order valence-corrected chi connectivity index (χ4v) is 5.07. The highest BCUT2D eigenvalue weighted by atomic mass is 16.5. The van der Waals surface area contributed by atoms with Gasteiger partial charge in [-0.2, -0.15) is 0 Å². The first-order chi connectivity index (χ1) is 19.4. The summed E-state index contributed by atoms with van der Waals surface area (Å²) in [5, 5.41) is 3.04. The molecule has 0 aliphatic heterocycles. The molecule has 7 nitrogen and oxygen atoms in total. The maximum atomic E-state index is 13.4. The summed E-state index contributed by atoms with van der Waals surface area (Å²) in [6, 6.07) is 21.3. The van der Waals surface area contributed by atoms with Gasteiger partial charge in [-0.3, -0.25) is 4.79 Å². The van der Waals surface area contributed by atoms with Crippen molar-refractivity contribution in [1.29, 1.82) is 0 Å². The summed E-state index contributed by atoms with van der Waals surface area (Å²) >= 11 is 0. The second-order valence-electron chi connectivity index (χ2n) is 9.97. The number of esters is 1. The first-order valence-corrected chi connectivity index (χ1v) is 13.6. The van der Waals surface area contributed by atoms with E-state index in [1.54, 1.807) is 18.2 Å². The molecule has 3 aromatic carbocycles. The molecule has 4 rings (SSSR count). The standard InChI is InChI=1S/C33H37NO6/c1-22-10-8-9-13-28(22)34-31(35)21-40-33(36)27(18-23-19-29(37-2)32(39-4)30(20-23)38-3)26-16-14-25(15-17-26)24-11-6-5-7-12-24/h5-7,11-12,14-20,22,28H,8-10,13,21H2,1-4H3,(H,34,35)/b27-18+. The van der Waals surface area contributed by atoms with Crippen molar-refractivity contribution >= 4 is 23.5 Å². The van der Waals surface area contributed by atoms with E-state index in [4.69, 9.17) is 18.9 Å². The van der Waals surface area contributed by atoms with Crippen molar-refractivity contribution in [2.75, 3.05) is 27.9 Å². The fraction of sp³-hybridized carbons (Fsp3) is 0.333. The molecule has 2 atom stereocenters. The van der Waals surface area contributed by atoms with E-state index in [0.717, 1.165) is 30.4 Å². The average molecular weight is 544 g/mol. The molecule has 1 aliphatic carbocycles. The molecule has 3 aromatic rings. The van der Waals surface area contributed by atoms with E-state index in [9.17, 15) is 9.59 Å². The van der Waals surface area contributed by atoms with Crippen LogP contribution in [0.2, 0.25) is 0 Å². The second-order valence-corrected chi connectivity index (χ2v) is 9.97. The smallest absolute Gasteiger partial charge is 0.339 e. The van der Waals surface area contributed by atoms with Crippen LogP contribution in [0.1, 0.15) is 43.7 Å². The fourth-order valence-electron chi connectivity index (χ4n) is 5.07. The molecular formula is C33H37NO6. The second kappa shape index (κ2) is 13.7. The molecule has 0 radical (unpaired) electrons. The molecule has 0 spiro atoms. The number of nitrogens with one attached hydrogen (secondary N) is 1. The van der Waals surface area contributed by atoms with Gasteiger partial charge < -0.3 is 24.3 Å². The van der Waals surface area contributed by atoms with Crippen LogP contribution in [0.3, 0.4) is 0 Å².